The van der Waals surface area contributed by atoms with Gasteiger partial charge in [-0.3, -0.25) is 4.98 Å². The molecular weight excluding hydrogens is 356 g/mol. The van der Waals surface area contributed by atoms with Crippen LogP contribution < -0.4 is 0 Å². The summed E-state index contributed by atoms with van der Waals surface area (Å²) in [5.41, 5.74) is 6.48. The largest absolute Gasteiger partial charge is 0.462 e. The molecule has 0 atom stereocenters. The molecule has 0 saturated carbocycles. The average Bonchev–Trinajstić information content (AvgIpc) is 3.12. The molecule has 0 aliphatic heterocycles. The second kappa shape index (κ2) is 9.65. The Bertz CT molecular complexity index is 1100. The van der Waals surface area contributed by atoms with Crippen LogP contribution in [0.2, 0.25) is 0 Å². The molecule has 3 heteroatoms. The van der Waals surface area contributed by atoms with Gasteiger partial charge < -0.3 is 4.42 Å². The van der Waals surface area contributed by atoms with Crippen LogP contribution in [-0.4, -0.2) is 9.97 Å². The lowest BCUT2D eigenvalue weighted by molar-refractivity contribution is 0.594. The molecule has 0 aromatic carbocycles. The topological polar surface area (TPSA) is 38.9 Å². The third-order valence-electron chi connectivity index (χ3n) is 4.38. The number of nitrogens with zero attached hydrogens (tertiary/aromatic N) is 2. The van der Waals surface area contributed by atoms with Gasteiger partial charge in [-0.25, -0.2) is 4.98 Å². The van der Waals surface area contributed by atoms with E-state index in [1.54, 1.807) is 12.3 Å². The van der Waals surface area contributed by atoms with Crippen LogP contribution in [0.3, 0.4) is 0 Å². The molecule has 3 rings (SSSR count). The predicted octanol–water partition coefficient (Wildman–Crippen LogP) is 6.96. The first-order chi connectivity index (χ1) is 14.1. The maximum Gasteiger partial charge on any atom is 0.152 e. The van der Waals surface area contributed by atoms with Gasteiger partial charge in [0, 0.05) is 17.3 Å². The van der Waals surface area contributed by atoms with Crippen LogP contribution in [0.25, 0.3) is 27.9 Å². The molecule has 0 fully saturated rings. The van der Waals surface area contributed by atoms with E-state index in [0.29, 0.717) is 5.92 Å². The molecule has 0 unspecified atom stereocenters. The first kappa shape index (κ1) is 20.3. The van der Waals surface area contributed by atoms with Crippen molar-refractivity contribution in [3.63, 3.8) is 0 Å². The fraction of sp³-hybridized carbons (Fsp3) is 0.154. The third-order valence-corrected chi connectivity index (χ3v) is 4.38. The maximum absolute atomic E-state index is 5.67. The minimum absolute atomic E-state index is 0.546. The fourth-order valence-corrected chi connectivity index (χ4v) is 3.00. The van der Waals surface area contributed by atoms with Gasteiger partial charge in [0.25, 0.3) is 0 Å². The lowest BCUT2D eigenvalue weighted by Crippen LogP contribution is -1.94. The molecule has 0 N–H and O–H groups in total. The number of hydrogen-bond acceptors (Lipinski definition) is 3. The Labute approximate surface area is 172 Å². The third kappa shape index (κ3) is 5.29. The van der Waals surface area contributed by atoms with E-state index in [1.165, 1.54) is 0 Å². The zero-order chi connectivity index (χ0) is 20.6. The quantitative estimate of drug-likeness (QED) is 0.395. The van der Waals surface area contributed by atoms with E-state index in [1.807, 2.05) is 67.0 Å². The number of furan rings is 1. The van der Waals surface area contributed by atoms with Crippen molar-refractivity contribution in [2.45, 2.75) is 20.3 Å². The van der Waals surface area contributed by atoms with E-state index < -0.39 is 0 Å². The summed E-state index contributed by atoms with van der Waals surface area (Å²) in [7, 11) is 0. The summed E-state index contributed by atoms with van der Waals surface area (Å²) in [5.74, 6) is 0.546. The SMILES string of the molecule is C=C\C=C/C=C/C=C\C(=C)c1cc(-c2ccc3occ(CC(C)C)c3n2)ccn1. The Morgan fingerprint density at radius 2 is 1.90 bits per heavy atom. The maximum atomic E-state index is 5.67. The van der Waals surface area contributed by atoms with E-state index in [2.05, 4.69) is 32.0 Å². The van der Waals surface area contributed by atoms with Crippen LogP contribution in [0.4, 0.5) is 0 Å². The van der Waals surface area contributed by atoms with Gasteiger partial charge in [-0.2, -0.15) is 0 Å². The Morgan fingerprint density at radius 3 is 2.69 bits per heavy atom. The second-order valence-corrected chi connectivity index (χ2v) is 7.22. The Hall–Kier alpha value is -3.46. The zero-order valence-corrected chi connectivity index (χ0v) is 17.0. The van der Waals surface area contributed by atoms with Crippen LogP contribution in [0.1, 0.15) is 25.1 Å². The first-order valence-corrected chi connectivity index (χ1v) is 9.73. The van der Waals surface area contributed by atoms with Crippen LogP contribution >= 0.6 is 0 Å². The molecule has 146 valence electrons. The van der Waals surface area contributed by atoms with Crippen molar-refractivity contribution in [2.24, 2.45) is 5.92 Å². The molecule has 3 nitrogen and oxygen atoms in total. The van der Waals surface area contributed by atoms with Gasteiger partial charge in [0.1, 0.15) is 5.52 Å². The van der Waals surface area contributed by atoms with Crippen molar-refractivity contribution in [1.82, 2.24) is 9.97 Å². The monoisotopic (exact) mass is 382 g/mol. The fourth-order valence-electron chi connectivity index (χ4n) is 3.00. The summed E-state index contributed by atoms with van der Waals surface area (Å²) >= 11 is 0. The molecule has 0 spiro atoms. The van der Waals surface area contributed by atoms with Crippen LogP contribution in [0.5, 0.6) is 0 Å². The predicted molar refractivity (Wildman–Crippen MR) is 122 cm³/mol. The molecule has 0 aliphatic carbocycles. The molecule has 0 aliphatic rings. The van der Waals surface area contributed by atoms with Crippen LogP contribution in [0.15, 0.2) is 96.8 Å². The summed E-state index contributed by atoms with van der Waals surface area (Å²) in [5, 5.41) is 0. The highest BCUT2D eigenvalue weighted by atomic mass is 16.3. The number of aromatic nitrogens is 2. The van der Waals surface area contributed by atoms with Gasteiger partial charge in [-0.1, -0.05) is 69.5 Å². The lowest BCUT2D eigenvalue weighted by Gasteiger charge is -2.06. The molecule has 0 saturated heterocycles. The van der Waals surface area contributed by atoms with Gasteiger partial charge >= 0.3 is 0 Å². The number of allylic oxidation sites excluding steroid dienone is 8. The van der Waals surface area contributed by atoms with Crippen molar-refractivity contribution >= 4 is 16.7 Å². The van der Waals surface area contributed by atoms with E-state index >= 15 is 0 Å². The van der Waals surface area contributed by atoms with Crippen molar-refractivity contribution in [3.05, 3.63) is 104 Å². The summed E-state index contributed by atoms with van der Waals surface area (Å²) < 4.78 is 5.67. The number of pyridine rings is 2. The molecule has 0 radical (unpaired) electrons. The smallest absolute Gasteiger partial charge is 0.152 e. The summed E-state index contributed by atoms with van der Waals surface area (Å²) in [6.45, 7) is 12.2. The number of fused-ring (bicyclic) bond motifs is 1. The highest BCUT2D eigenvalue weighted by Crippen LogP contribution is 2.27. The van der Waals surface area contributed by atoms with Gasteiger partial charge in [-0.15, -0.1) is 0 Å². The van der Waals surface area contributed by atoms with Crippen LogP contribution in [0, 0.1) is 5.92 Å². The first-order valence-electron chi connectivity index (χ1n) is 9.73. The molecule has 0 bridgehead atoms. The molecule has 29 heavy (non-hydrogen) atoms. The molecule has 3 aromatic rings. The van der Waals surface area contributed by atoms with Crippen molar-refractivity contribution in [2.75, 3.05) is 0 Å². The number of rotatable bonds is 8. The zero-order valence-electron chi connectivity index (χ0n) is 17.0. The van der Waals surface area contributed by atoms with Crippen molar-refractivity contribution in [3.8, 4) is 11.3 Å². The molecule has 3 heterocycles. The van der Waals surface area contributed by atoms with E-state index in [4.69, 9.17) is 9.40 Å². The second-order valence-electron chi connectivity index (χ2n) is 7.22. The standard InChI is InChI=1S/C26H26N2O/c1-5-6-7-8-9-10-11-20(4)24-17-21(14-15-27-24)23-12-13-25-26(28-23)22(18-29-25)16-19(2)3/h5-15,17-19H,1,4,16H2,2-3H3/b7-6-,9-8+,11-10-. The van der Waals surface area contributed by atoms with E-state index in [-0.39, 0.29) is 0 Å². The van der Waals surface area contributed by atoms with Gasteiger partial charge in [0.15, 0.2) is 5.58 Å². The summed E-state index contributed by atoms with van der Waals surface area (Å²) in [6.07, 6.45) is 17.9. The number of hydrogen-bond donors (Lipinski definition) is 0. The summed E-state index contributed by atoms with van der Waals surface area (Å²) in [4.78, 5) is 9.32. The molecule has 0 amide bonds. The molecular formula is C26H26N2O. The highest BCUT2D eigenvalue weighted by molar-refractivity contribution is 5.81. The minimum Gasteiger partial charge on any atom is -0.462 e. The van der Waals surface area contributed by atoms with Crippen molar-refractivity contribution in [1.29, 1.82) is 0 Å². The highest BCUT2D eigenvalue weighted by Gasteiger charge is 2.11. The van der Waals surface area contributed by atoms with Gasteiger partial charge in [0.2, 0.25) is 0 Å². The Balaban J connectivity index is 1.84. The summed E-state index contributed by atoms with van der Waals surface area (Å²) in [6, 6.07) is 7.95. The van der Waals surface area contributed by atoms with Crippen LogP contribution in [-0.2, 0) is 6.42 Å². The van der Waals surface area contributed by atoms with E-state index in [9.17, 15) is 0 Å². The Kier molecular flexibility index (Phi) is 6.75. The normalized spacial score (nSPS) is 12.1. The average molecular weight is 383 g/mol. The minimum atomic E-state index is 0.546. The lowest BCUT2D eigenvalue weighted by atomic mass is 10.0. The Morgan fingerprint density at radius 1 is 1.10 bits per heavy atom. The van der Waals surface area contributed by atoms with Crippen molar-refractivity contribution < 1.29 is 4.42 Å². The van der Waals surface area contributed by atoms with E-state index in [0.717, 1.165) is 45.6 Å². The van der Waals surface area contributed by atoms with Gasteiger partial charge in [0.05, 0.1) is 17.7 Å². The molecule has 3 aromatic heterocycles. The van der Waals surface area contributed by atoms with Gasteiger partial charge in [-0.05, 0) is 42.2 Å².